The van der Waals surface area contributed by atoms with E-state index in [0.29, 0.717) is 6.04 Å². The lowest BCUT2D eigenvalue weighted by Crippen LogP contribution is -2.15. The summed E-state index contributed by atoms with van der Waals surface area (Å²) >= 11 is 0. The molecule has 14 heavy (non-hydrogen) atoms. The number of rotatable bonds is 1. The predicted molar refractivity (Wildman–Crippen MR) is 55.7 cm³/mol. The molecule has 2 heteroatoms. The third kappa shape index (κ3) is 1.14. The molecule has 1 fully saturated rings. The Morgan fingerprint density at radius 1 is 1.43 bits per heavy atom. The highest BCUT2D eigenvalue weighted by Crippen LogP contribution is 2.39. The Kier molecular flexibility index (Phi) is 1.63. The van der Waals surface area contributed by atoms with Crippen molar-refractivity contribution < 1.29 is 0 Å². The molecule has 1 aromatic rings. The largest absolute Gasteiger partial charge is 0.370 e. The first-order chi connectivity index (χ1) is 6.83. The van der Waals surface area contributed by atoms with E-state index in [2.05, 4.69) is 34.3 Å². The van der Waals surface area contributed by atoms with Gasteiger partial charge in [0.1, 0.15) is 0 Å². The molecule has 1 aromatic heterocycles. The van der Waals surface area contributed by atoms with Crippen LogP contribution in [0, 0.1) is 12.8 Å². The van der Waals surface area contributed by atoms with Gasteiger partial charge in [0, 0.05) is 18.4 Å². The Morgan fingerprint density at radius 2 is 2.36 bits per heavy atom. The molecule has 1 saturated heterocycles. The summed E-state index contributed by atoms with van der Waals surface area (Å²) in [5.41, 5.74) is 2.46. The normalized spacial score (nSPS) is 28.8. The van der Waals surface area contributed by atoms with Crippen LogP contribution in [0.3, 0.4) is 0 Å². The lowest BCUT2D eigenvalue weighted by molar-refractivity contribution is 0.361. The molecule has 72 valence electrons. The lowest BCUT2D eigenvalue weighted by Gasteiger charge is -2.22. The summed E-state index contributed by atoms with van der Waals surface area (Å²) in [5, 5.41) is 0. The highest BCUT2D eigenvalue weighted by molar-refractivity contribution is 5.22. The van der Waals surface area contributed by atoms with E-state index >= 15 is 0 Å². The van der Waals surface area contributed by atoms with Crippen LogP contribution in [-0.2, 0) is 0 Å². The van der Waals surface area contributed by atoms with Crippen molar-refractivity contribution in [2.45, 2.75) is 19.4 Å². The molecule has 2 unspecified atom stereocenters. The Labute approximate surface area is 84.3 Å². The molecular formula is C12H14N2. The van der Waals surface area contributed by atoms with Crippen molar-refractivity contribution in [1.82, 2.24) is 9.88 Å². The summed E-state index contributed by atoms with van der Waals surface area (Å²) < 4.78 is 0. The van der Waals surface area contributed by atoms with Crippen molar-refractivity contribution in [2.75, 3.05) is 6.54 Å². The molecule has 0 saturated carbocycles. The molecule has 0 N–H and O–H groups in total. The van der Waals surface area contributed by atoms with Crippen LogP contribution in [0.5, 0.6) is 0 Å². The first kappa shape index (κ1) is 8.04. The number of pyridine rings is 1. The van der Waals surface area contributed by atoms with E-state index in [1.165, 1.54) is 18.5 Å². The standard InChI is InChI=1S/C12H14N2/c1-9-2-3-11(7-13-9)12-6-10-4-5-14(12)8-10/h2-5,7,10,12H,6,8H2,1H3. The van der Waals surface area contributed by atoms with Gasteiger partial charge in [0.25, 0.3) is 0 Å². The monoisotopic (exact) mass is 186 g/mol. The molecule has 2 nitrogen and oxygen atoms in total. The van der Waals surface area contributed by atoms with E-state index in [0.717, 1.165) is 11.6 Å². The van der Waals surface area contributed by atoms with Gasteiger partial charge in [0.2, 0.25) is 0 Å². The zero-order valence-corrected chi connectivity index (χ0v) is 8.35. The minimum Gasteiger partial charge on any atom is -0.370 e. The van der Waals surface area contributed by atoms with Gasteiger partial charge in [-0.3, -0.25) is 4.98 Å². The van der Waals surface area contributed by atoms with Crippen molar-refractivity contribution in [3.63, 3.8) is 0 Å². The maximum Gasteiger partial charge on any atom is 0.0558 e. The Bertz CT molecular complexity index is 366. The smallest absolute Gasteiger partial charge is 0.0558 e. The second-order valence-corrected chi connectivity index (χ2v) is 4.28. The summed E-state index contributed by atoms with van der Waals surface area (Å²) in [7, 11) is 0. The molecule has 0 amide bonds. The second-order valence-electron chi connectivity index (χ2n) is 4.28. The number of hydrogen-bond donors (Lipinski definition) is 0. The number of fused-ring (bicyclic) bond motifs is 2. The summed E-state index contributed by atoms with van der Waals surface area (Å²) in [5.74, 6) is 0.779. The van der Waals surface area contributed by atoms with Crippen LogP contribution >= 0.6 is 0 Å². The van der Waals surface area contributed by atoms with Gasteiger partial charge in [-0.15, -0.1) is 0 Å². The molecule has 3 heterocycles. The minimum absolute atomic E-state index is 0.582. The van der Waals surface area contributed by atoms with Crippen LogP contribution in [0.2, 0.25) is 0 Å². The Balaban J connectivity index is 1.90. The van der Waals surface area contributed by atoms with Gasteiger partial charge in [-0.05, 0) is 37.1 Å². The third-order valence-corrected chi connectivity index (χ3v) is 3.24. The van der Waals surface area contributed by atoms with Crippen LogP contribution in [0.1, 0.15) is 23.7 Å². The van der Waals surface area contributed by atoms with Crippen LogP contribution in [0.25, 0.3) is 0 Å². The van der Waals surface area contributed by atoms with Gasteiger partial charge in [-0.25, -0.2) is 0 Å². The Hall–Kier alpha value is -1.31. The fourth-order valence-electron chi connectivity index (χ4n) is 2.44. The van der Waals surface area contributed by atoms with E-state index in [4.69, 9.17) is 0 Å². The molecule has 2 bridgehead atoms. The number of nitrogens with zero attached hydrogens (tertiary/aromatic N) is 2. The van der Waals surface area contributed by atoms with Gasteiger partial charge in [0.15, 0.2) is 0 Å². The summed E-state index contributed by atoms with van der Waals surface area (Å²) in [6.07, 6.45) is 7.84. The van der Waals surface area contributed by atoms with Gasteiger partial charge in [0.05, 0.1) is 6.04 Å². The summed E-state index contributed by atoms with van der Waals surface area (Å²) in [6, 6.07) is 4.89. The van der Waals surface area contributed by atoms with Crippen LogP contribution < -0.4 is 0 Å². The first-order valence-electron chi connectivity index (χ1n) is 5.19. The zero-order chi connectivity index (χ0) is 9.54. The predicted octanol–water partition coefficient (Wildman–Crippen LogP) is 2.28. The summed E-state index contributed by atoms with van der Waals surface area (Å²) in [6.45, 7) is 3.24. The average molecular weight is 186 g/mol. The van der Waals surface area contributed by atoms with Gasteiger partial charge < -0.3 is 4.90 Å². The van der Waals surface area contributed by atoms with Crippen LogP contribution in [-0.4, -0.2) is 16.4 Å². The van der Waals surface area contributed by atoms with E-state index in [1.54, 1.807) is 0 Å². The molecule has 2 aliphatic heterocycles. The van der Waals surface area contributed by atoms with Crippen molar-refractivity contribution >= 4 is 0 Å². The van der Waals surface area contributed by atoms with E-state index in [1.807, 2.05) is 13.1 Å². The van der Waals surface area contributed by atoms with Crippen LogP contribution in [0.4, 0.5) is 0 Å². The summed E-state index contributed by atoms with van der Waals surface area (Å²) in [4.78, 5) is 6.78. The van der Waals surface area contributed by atoms with E-state index in [-0.39, 0.29) is 0 Å². The van der Waals surface area contributed by atoms with Crippen molar-refractivity contribution in [3.05, 3.63) is 41.9 Å². The topological polar surface area (TPSA) is 16.1 Å². The molecule has 0 aromatic carbocycles. The van der Waals surface area contributed by atoms with Gasteiger partial charge in [-0.1, -0.05) is 12.1 Å². The number of hydrogen-bond acceptors (Lipinski definition) is 2. The minimum atomic E-state index is 0.582. The molecular weight excluding hydrogens is 172 g/mol. The van der Waals surface area contributed by atoms with Crippen molar-refractivity contribution in [2.24, 2.45) is 5.92 Å². The SMILES string of the molecule is Cc1ccc(C2CC3C=CN2C3)cn1. The lowest BCUT2D eigenvalue weighted by atomic mass is 9.99. The highest BCUT2D eigenvalue weighted by Gasteiger charge is 2.33. The molecule has 0 spiro atoms. The maximum absolute atomic E-state index is 4.36. The zero-order valence-electron chi connectivity index (χ0n) is 8.35. The first-order valence-corrected chi connectivity index (χ1v) is 5.19. The van der Waals surface area contributed by atoms with Crippen molar-refractivity contribution in [1.29, 1.82) is 0 Å². The van der Waals surface area contributed by atoms with E-state index in [9.17, 15) is 0 Å². The van der Waals surface area contributed by atoms with Gasteiger partial charge >= 0.3 is 0 Å². The molecule has 0 radical (unpaired) electrons. The fraction of sp³-hybridized carbons (Fsp3) is 0.417. The molecule has 0 aliphatic carbocycles. The molecule has 2 aliphatic rings. The van der Waals surface area contributed by atoms with Crippen LogP contribution in [0.15, 0.2) is 30.6 Å². The fourth-order valence-corrected chi connectivity index (χ4v) is 2.44. The Morgan fingerprint density at radius 3 is 2.93 bits per heavy atom. The second kappa shape index (κ2) is 2.84. The number of aromatic nitrogens is 1. The number of aryl methyl sites for hydroxylation is 1. The third-order valence-electron chi connectivity index (χ3n) is 3.24. The molecule has 2 atom stereocenters. The highest BCUT2D eigenvalue weighted by atomic mass is 15.2. The molecule has 3 rings (SSSR count). The average Bonchev–Trinajstić information content (AvgIpc) is 2.80. The van der Waals surface area contributed by atoms with Gasteiger partial charge in [-0.2, -0.15) is 0 Å². The maximum atomic E-state index is 4.36. The van der Waals surface area contributed by atoms with E-state index < -0.39 is 0 Å². The van der Waals surface area contributed by atoms with Crippen molar-refractivity contribution in [3.8, 4) is 0 Å². The quantitative estimate of drug-likeness (QED) is 0.669.